The zero-order valence-corrected chi connectivity index (χ0v) is 14.9. The van der Waals surface area contributed by atoms with Crippen LogP contribution in [0.2, 0.25) is 0 Å². The lowest BCUT2D eigenvalue weighted by Gasteiger charge is -2.14. The molecule has 1 N–H and O–H groups in total. The van der Waals surface area contributed by atoms with E-state index in [4.69, 9.17) is 4.74 Å². The van der Waals surface area contributed by atoms with Crippen molar-refractivity contribution in [3.63, 3.8) is 0 Å². The number of nitrogens with zero attached hydrogens (tertiary/aromatic N) is 1. The Morgan fingerprint density at radius 2 is 1.88 bits per heavy atom. The zero-order chi connectivity index (χ0) is 18.6. The van der Waals surface area contributed by atoms with Gasteiger partial charge in [0.25, 0.3) is 5.91 Å². The number of hydrogen-bond acceptors (Lipinski definition) is 4. The molecule has 2 rings (SSSR count). The smallest absolute Gasteiger partial charge is 0.262 e. The normalized spacial score (nSPS) is 11.4. The Bertz CT molecular complexity index is 882. The molecule has 0 saturated carbocycles. The SMILES string of the molecule is Cc1ccc(S(=O)(=O)N(C)C)cc1NC(=O)COc1ccccc1F. The number of halogens is 1. The largest absolute Gasteiger partial charge is 0.481 e. The van der Waals surface area contributed by atoms with Gasteiger partial charge in [0.2, 0.25) is 10.0 Å². The fourth-order valence-corrected chi connectivity index (χ4v) is 2.93. The number of amides is 1. The number of anilines is 1. The summed E-state index contributed by atoms with van der Waals surface area (Å²) < 4.78 is 44.0. The van der Waals surface area contributed by atoms with Gasteiger partial charge in [-0.15, -0.1) is 0 Å². The second kappa shape index (κ2) is 7.62. The summed E-state index contributed by atoms with van der Waals surface area (Å²) >= 11 is 0. The summed E-state index contributed by atoms with van der Waals surface area (Å²) in [6.45, 7) is 1.34. The number of carbonyl (C=O) groups is 1. The topological polar surface area (TPSA) is 75.7 Å². The molecule has 2 aromatic rings. The molecule has 0 unspecified atom stereocenters. The minimum absolute atomic E-state index is 0.0293. The van der Waals surface area contributed by atoms with Crippen LogP contribution in [0.3, 0.4) is 0 Å². The summed E-state index contributed by atoms with van der Waals surface area (Å²) in [5, 5.41) is 2.58. The highest BCUT2D eigenvalue weighted by Gasteiger charge is 2.18. The Labute approximate surface area is 146 Å². The van der Waals surface area contributed by atoms with Gasteiger partial charge in [0.15, 0.2) is 18.2 Å². The second-order valence-electron chi connectivity index (χ2n) is 5.53. The summed E-state index contributed by atoms with van der Waals surface area (Å²) in [5.41, 5.74) is 1.04. The van der Waals surface area contributed by atoms with E-state index in [1.54, 1.807) is 19.1 Å². The van der Waals surface area contributed by atoms with E-state index < -0.39 is 28.4 Å². The Morgan fingerprint density at radius 3 is 2.52 bits per heavy atom. The van der Waals surface area contributed by atoms with Crippen LogP contribution in [0, 0.1) is 12.7 Å². The van der Waals surface area contributed by atoms with Crippen molar-refractivity contribution in [2.75, 3.05) is 26.0 Å². The standard InChI is InChI=1S/C17H19FN2O4S/c1-12-8-9-13(25(22,23)20(2)3)10-15(12)19-17(21)11-24-16-7-5-4-6-14(16)18/h4-10H,11H2,1-3H3,(H,19,21). The lowest BCUT2D eigenvalue weighted by atomic mass is 10.2. The van der Waals surface area contributed by atoms with Gasteiger partial charge in [0, 0.05) is 19.8 Å². The van der Waals surface area contributed by atoms with Gasteiger partial charge in [0.1, 0.15) is 0 Å². The number of para-hydroxylation sites is 1. The molecule has 0 saturated heterocycles. The van der Waals surface area contributed by atoms with Crippen molar-refractivity contribution in [3.05, 3.63) is 53.8 Å². The molecule has 1 amide bonds. The first kappa shape index (κ1) is 18.9. The Kier molecular flexibility index (Phi) is 5.76. The first-order chi connectivity index (χ1) is 11.7. The number of ether oxygens (including phenoxy) is 1. The van der Waals surface area contributed by atoms with E-state index in [2.05, 4.69) is 5.32 Å². The molecule has 0 fully saturated rings. The van der Waals surface area contributed by atoms with Crippen molar-refractivity contribution >= 4 is 21.6 Å². The van der Waals surface area contributed by atoms with Crippen LogP contribution in [-0.2, 0) is 14.8 Å². The van der Waals surface area contributed by atoms with Crippen LogP contribution in [0.1, 0.15) is 5.56 Å². The first-order valence-electron chi connectivity index (χ1n) is 7.42. The number of nitrogens with one attached hydrogen (secondary N) is 1. The highest BCUT2D eigenvalue weighted by atomic mass is 32.2. The third-order valence-corrected chi connectivity index (χ3v) is 5.27. The van der Waals surface area contributed by atoms with Gasteiger partial charge in [-0.2, -0.15) is 0 Å². The molecule has 134 valence electrons. The molecule has 6 nitrogen and oxygen atoms in total. The van der Waals surface area contributed by atoms with E-state index in [9.17, 15) is 17.6 Å². The molecular formula is C17H19FN2O4S. The predicted molar refractivity (Wildman–Crippen MR) is 92.6 cm³/mol. The van der Waals surface area contributed by atoms with E-state index in [1.165, 1.54) is 44.4 Å². The predicted octanol–water partition coefficient (Wildman–Crippen LogP) is 2.40. The maximum absolute atomic E-state index is 13.5. The summed E-state index contributed by atoms with van der Waals surface area (Å²) in [5.74, 6) is -1.12. The van der Waals surface area contributed by atoms with Crippen molar-refractivity contribution in [1.82, 2.24) is 4.31 Å². The average Bonchev–Trinajstić information content (AvgIpc) is 2.55. The van der Waals surface area contributed by atoms with Crippen molar-refractivity contribution in [1.29, 1.82) is 0 Å². The molecule has 0 heterocycles. The molecule has 0 aliphatic carbocycles. The third-order valence-electron chi connectivity index (χ3n) is 3.46. The van der Waals surface area contributed by atoms with Gasteiger partial charge in [-0.3, -0.25) is 4.79 Å². The maximum Gasteiger partial charge on any atom is 0.262 e. The van der Waals surface area contributed by atoms with E-state index >= 15 is 0 Å². The number of benzene rings is 2. The van der Waals surface area contributed by atoms with Crippen LogP contribution >= 0.6 is 0 Å². The molecule has 0 bridgehead atoms. The van der Waals surface area contributed by atoms with Crippen molar-refractivity contribution in [3.8, 4) is 5.75 Å². The Morgan fingerprint density at radius 1 is 1.20 bits per heavy atom. The third kappa shape index (κ3) is 4.55. The highest BCUT2D eigenvalue weighted by Crippen LogP contribution is 2.22. The zero-order valence-electron chi connectivity index (χ0n) is 14.1. The van der Waals surface area contributed by atoms with E-state index in [-0.39, 0.29) is 10.6 Å². The number of sulfonamides is 1. The molecule has 0 atom stereocenters. The molecule has 0 radical (unpaired) electrons. The number of aryl methyl sites for hydroxylation is 1. The summed E-state index contributed by atoms with van der Waals surface area (Å²) in [7, 11) is -0.759. The minimum Gasteiger partial charge on any atom is -0.481 e. The van der Waals surface area contributed by atoms with Gasteiger partial charge in [-0.1, -0.05) is 18.2 Å². The van der Waals surface area contributed by atoms with E-state index in [0.717, 1.165) is 4.31 Å². The molecule has 0 aromatic heterocycles. The highest BCUT2D eigenvalue weighted by molar-refractivity contribution is 7.89. The first-order valence-corrected chi connectivity index (χ1v) is 8.86. The van der Waals surface area contributed by atoms with Crippen molar-refractivity contribution in [2.24, 2.45) is 0 Å². The van der Waals surface area contributed by atoms with Gasteiger partial charge >= 0.3 is 0 Å². The molecule has 2 aromatic carbocycles. The fourth-order valence-electron chi connectivity index (χ4n) is 2.00. The maximum atomic E-state index is 13.5. The van der Waals surface area contributed by atoms with Crippen molar-refractivity contribution in [2.45, 2.75) is 11.8 Å². The lowest BCUT2D eigenvalue weighted by molar-refractivity contribution is -0.118. The van der Waals surface area contributed by atoms with Crippen LogP contribution in [-0.4, -0.2) is 39.3 Å². The van der Waals surface area contributed by atoms with Crippen LogP contribution in [0.5, 0.6) is 5.75 Å². The number of carbonyl (C=O) groups excluding carboxylic acids is 1. The molecule has 0 aliphatic rings. The monoisotopic (exact) mass is 366 g/mol. The number of rotatable bonds is 6. The molecule has 0 aliphatic heterocycles. The Hall–Kier alpha value is -2.45. The van der Waals surface area contributed by atoms with Gasteiger partial charge < -0.3 is 10.1 Å². The minimum atomic E-state index is -3.61. The fraction of sp³-hybridized carbons (Fsp3) is 0.235. The number of hydrogen-bond donors (Lipinski definition) is 1. The summed E-state index contributed by atoms with van der Waals surface area (Å²) in [6.07, 6.45) is 0. The van der Waals surface area contributed by atoms with Crippen LogP contribution in [0.4, 0.5) is 10.1 Å². The van der Waals surface area contributed by atoms with Crippen LogP contribution in [0.15, 0.2) is 47.4 Å². The van der Waals surface area contributed by atoms with Gasteiger partial charge in [-0.05, 0) is 36.8 Å². The molecule has 8 heteroatoms. The van der Waals surface area contributed by atoms with E-state index in [0.29, 0.717) is 11.3 Å². The van der Waals surface area contributed by atoms with Gasteiger partial charge in [-0.25, -0.2) is 17.1 Å². The van der Waals surface area contributed by atoms with E-state index in [1.807, 2.05) is 0 Å². The van der Waals surface area contributed by atoms with Gasteiger partial charge in [0.05, 0.1) is 4.90 Å². The Balaban J connectivity index is 2.12. The lowest BCUT2D eigenvalue weighted by Crippen LogP contribution is -2.23. The average molecular weight is 366 g/mol. The quantitative estimate of drug-likeness (QED) is 0.852. The van der Waals surface area contributed by atoms with Crippen LogP contribution in [0.25, 0.3) is 0 Å². The summed E-state index contributed by atoms with van der Waals surface area (Å²) in [4.78, 5) is 12.1. The van der Waals surface area contributed by atoms with Crippen molar-refractivity contribution < 1.29 is 22.3 Å². The second-order valence-corrected chi connectivity index (χ2v) is 7.68. The van der Waals surface area contributed by atoms with Crippen LogP contribution < -0.4 is 10.1 Å². The molecule has 0 spiro atoms. The molecule has 25 heavy (non-hydrogen) atoms. The molecular weight excluding hydrogens is 347 g/mol. The summed E-state index contributed by atoms with van der Waals surface area (Å²) in [6, 6.07) is 10.2.